The van der Waals surface area contributed by atoms with Gasteiger partial charge >= 0.3 is 0 Å². The third kappa shape index (κ3) is 4.58. The molecule has 9 heteroatoms. The Morgan fingerprint density at radius 2 is 1.91 bits per heavy atom. The van der Waals surface area contributed by atoms with Crippen molar-refractivity contribution in [2.24, 2.45) is 0 Å². The highest BCUT2D eigenvalue weighted by atomic mass is 35.5. The largest absolute Gasteiger partial charge is 0.283 e. The van der Waals surface area contributed by atoms with Crippen LogP contribution in [0.4, 0.5) is 14.5 Å². The van der Waals surface area contributed by atoms with Crippen LogP contribution in [0.25, 0.3) is 0 Å². The third-order valence-corrected chi connectivity index (χ3v) is 4.61. The monoisotopic (exact) mass is 374 g/mol. The highest BCUT2D eigenvalue weighted by molar-refractivity contribution is 7.99. The van der Waals surface area contributed by atoms with Crippen molar-refractivity contribution in [1.82, 2.24) is 0 Å². The predicted molar refractivity (Wildman–Crippen MR) is 85.1 cm³/mol. The number of anilines is 1. The summed E-state index contributed by atoms with van der Waals surface area (Å²) in [7, 11) is -3.60. The average molecular weight is 375 g/mol. The second-order valence-electron chi connectivity index (χ2n) is 4.49. The smallest absolute Gasteiger partial charge is 0.229 e. The second-order valence-corrected chi connectivity index (χ2v) is 7.73. The lowest BCUT2D eigenvalue weighted by molar-refractivity contribution is 0.565. The lowest BCUT2D eigenvalue weighted by atomic mass is 10.2. The Morgan fingerprint density at radius 3 is 2.48 bits per heavy atom. The zero-order valence-electron chi connectivity index (χ0n) is 11.6. The van der Waals surface area contributed by atoms with Crippen molar-refractivity contribution in [3.05, 3.63) is 52.6 Å². The van der Waals surface area contributed by atoms with E-state index in [9.17, 15) is 17.2 Å². The number of nitrogens with zero attached hydrogens (tertiary/aromatic N) is 1. The molecule has 0 unspecified atom stereocenters. The van der Waals surface area contributed by atoms with Crippen LogP contribution in [0.2, 0.25) is 5.02 Å². The highest BCUT2D eigenvalue weighted by Crippen LogP contribution is 2.38. The number of hydrogen-bond donors (Lipinski definition) is 1. The molecule has 0 aliphatic heterocycles. The first-order valence-electron chi connectivity index (χ1n) is 6.04. The standard InChI is InChI=1S/C14H9ClF2N2O2S2/c1-23(20,21)19-12-6-10(15)8(7-18)4-14(12)22-13-3-2-9(16)5-11(13)17/h2-6,19H,1H3. The SMILES string of the molecule is CS(=O)(=O)Nc1cc(Cl)c(C#N)cc1Sc1ccc(F)cc1F. The topological polar surface area (TPSA) is 70.0 Å². The lowest BCUT2D eigenvalue weighted by Gasteiger charge is -2.12. The molecule has 0 spiro atoms. The summed E-state index contributed by atoms with van der Waals surface area (Å²) in [6, 6.07) is 7.48. The lowest BCUT2D eigenvalue weighted by Crippen LogP contribution is -2.10. The summed E-state index contributed by atoms with van der Waals surface area (Å²) in [6.07, 6.45) is 0.950. The number of rotatable bonds is 4. The predicted octanol–water partition coefficient (Wildman–Crippen LogP) is 4.01. The van der Waals surface area contributed by atoms with E-state index in [0.29, 0.717) is 6.07 Å². The Labute approximate surface area is 141 Å². The Kier molecular flexibility index (Phi) is 5.14. The minimum atomic E-state index is -3.60. The van der Waals surface area contributed by atoms with Crippen LogP contribution in [-0.2, 0) is 10.0 Å². The van der Waals surface area contributed by atoms with Gasteiger partial charge in [0.1, 0.15) is 17.7 Å². The van der Waals surface area contributed by atoms with E-state index in [2.05, 4.69) is 4.72 Å². The van der Waals surface area contributed by atoms with E-state index in [1.54, 1.807) is 0 Å². The number of hydrogen-bond acceptors (Lipinski definition) is 4. The van der Waals surface area contributed by atoms with Crippen LogP contribution >= 0.6 is 23.4 Å². The van der Waals surface area contributed by atoms with E-state index in [0.717, 1.165) is 24.1 Å². The first-order chi connectivity index (χ1) is 10.7. The molecule has 120 valence electrons. The molecular weight excluding hydrogens is 366 g/mol. The summed E-state index contributed by atoms with van der Waals surface area (Å²) < 4.78 is 51.9. The summed E-state index contributed by atoms with van der Waals surface area (Å²) in [5.41, 5.74) is 0.209. The summed E-state index contributed by atoms with van der Waals surface area (Å²) in [5.74, 6) is -1.52. The zero-order chi connectivity index (χ0) is 17.2. The zero-order valence-corrected chi connectivity index (χ0v) is 14.0. The molecular formula is C14H9ClF2N2O2S2. The fourth-order valence-corrected chi connectivity index (χ4v) is 3.44. The van der Waals surface area contributed by atoms with Crippen molar-refractivity contribution >= 4 is 39.1 Å². The maximum Gasteiger partial charge on any atom is 0.229 e. The van der Waals surface area contributed by atoms with Crippen LogP contribution in [-0.4, -0.2) is 14.7 Å². The van der Waals surface area contributed by atoms with E-state index in [4.69, 9.17) is 16.9 Å². The molecule has 2 rings (SSSR count). The van der Waals surface area contributed by atoms with Gasteiger partial charge < -0.3 is 0 Å². The van der Waals surface area contributed by atoms with Crippen LogP contribution in [0.3, 0.4) is 0 Å². The molecule has 23 heavy (non-hydrogen) atoms. The molecule has 0 atom stereocenters. The molecule has 0 saturated carbocycles. The van der Waals surface area contributed by atoms with Crippen molar-refractivity contribution in [3.63, 3.8) is 0 Å². The molecule has 2 aromatic carbocycles. The number of halogens is 3. The number of nitrogens with one attached hydrogen (secondary N) is 1. The maximum atomic E-state index is 13.8. The van der Waals surface area contributed by atoms with Crippen LogP contribution in [0.15, 0.2) is 40.1 Å². The number of benzene rings is 2. The van der Waals surface area contributed by atoms with E-state index < -0.39 is 21.7 Å². The molecule has 4 nitrogen and oxygen atoms in total. The first-order valence-corrected chi connectivity index (χ1v) is 9.12. The minimum absolute atomic E-state index is 0.0579. The highest BCUT2D eigenvalue weighted by Gasteiger charge is 2.15. The Balaban J connectivity index is 2.52. The molecule has 0 amide bonds. The molecule has 0 saturated heterocycles. The van der Waals surface area contributed by atoms with Crippen molar-refractivity contribution < 1.29 is 17.2 Å². The van der Waals surface area contributed by atoms with Crippen LogP contribution in [0.5, 0.6) is 0 Å². The molecule has 1 N–H and O–H groups in total. The third-order valence-electron chi connectivity index (χ3n) is 2.60. The number of sulfonamides is 1. The Morgan fingerprint density at radius 1 is 1.22 bits per heavy atom. The molecule has 0 radical (unpaired) electrons. The van der Waals surface area contributed by atoms with Gasteiger partial charge in [0.2, 0.25) is 10.0 Å². The van der Waals surface area contributed by atoms with E-state index in [-0.39, 0.29) is 26.1 Å². The summed E-state index contributed by atoms with van der Waals surface area (Å²) in [4.78, 5) is 0.344. The Bertz CT molecular complexity index is 912. The van der Waals surface area contributed by atoms with Gasteiger partial charge in [-0.25, -0.2) is 17.2 Å². The van der Waals surface area contributed by atoms with Crippen molar-refractivity contribution in [3.8, 4) is 6.07 Å². The van der Waals surface area contributed by atoms with Gasteiger partial charge in [-0.15, -0.1) is 0 Å². The molecule has 0 aliphatic carbocycles. The molecule has 0 aliphatic rings. The normalized spacial score (nSPS) is 11.1. The van der Waals surface area contributed by atoms with Gasteiger partial charge in [0.25, 0.3) is 0 Å². The van der Waals surface area contributed by atoms with Gasteiger partial charge in [0.15, 0.2) is 0 Å². The summed E-state index contributed by atoms with van der Waals surface area (Å²) >= 11 is 6.75. The summed E-state index contributed by atoms with van der Waals surface area (Å²) in [6.45, 7) is 0. The quantitative estimate of drug-likeness (QED) is 0.877. The average Bonchev–Trinajstić information content (AvgIpc) is 2.42. The van der Waals surface area contributed by atoms with Crippen molar-refractivity contribution in [1.29, 1.82) is 5.26 Å². The fraction of sp³-hybridized carbons (Fsp3) is 0.0714. The van der Waals surface area contributed by atoms with Crippen LogP contribution in [0, 0.1) is 23.0 Å². The van der Waals surface area contributed by atoms with Gasteiger partial charge in [-0.3, -0.25) is 4.72 Å². The maximum absolute atomic E-state index is 13.8. The van der Waals surface area contributed by atoms with Crippen LogP contribution < -0.4 is 4.72 Å². The first kappa shape index (κ1) is 17.5. The van der Waals surface area contributed by atoms with Gasteiger partial charge in [-0.1, -0.05) is 23.4 Å². The van der Waals surface area contributed by atoms with Gasteiger partial charge in [0, 0.05) is 15.9 Å². The van der Waals surface area contributed by atoms with Gasteiger partial charge in [-0.05, 0) is 24.3 Å². The fourth-order valence-electron chi connectivity index (χ4n) is 1.68. The van der Waals surface area contributed by atoms with E-state index in [1.165, 1.54) is 18.2 Å². The minimum Gasteiger partial charge on any atom is -0.283 e. The van der Waals surface area contributed by atoms with Crippen LogP contribution in [0.1, 0.15) is 5.56 Å². The van der Waals surface area contributed by atoms with Crippen molar-refractivity contribution in [2.75, 3.05) is 11.0 Å². The molecule has 0 fully saturated rings. The summed E-state index contributed by atoms with van der Waals surface area (Å²) in [5, 5.41) is 9.08. The molecule has 2 aromatic rings. The van der Waals surface area contributed by atoms with E-state index in [1.807, 2.05) is 6.07 Å². The van der Waals surface area contributed by atoms with Gasteiger partial charge in [0.05, 0.1) is 22.5 Å². The Hall–Kier alpha value is -1.82. The second kappa shape index (κ2) is 6.74. The molecule has 0 heterocycles. The van der Waals surface area contributed by atoms with Gasteiger partial charge in [-0.2, -0.15) is 5.26 Å². The molecule has 0 bridgehead atoms. The molecule has 0 aromatic heterocycles. The number of nitriles is 1. The van der Waals surface area contributed by atoms with E-state index >= 15 is 0 Å². The van der Waals surface area contributed by atoms with Crippen molar-refractivity contribution in [2.45, 2.75) is 9.79 Å².